The Morgan fingerprint density at radius 3 is 2.40 bits per heavy atom. The SMILES string of the molecule is CC(C)(C(=O)O)n1nccc1C(F)(F)F. The quantitative estimate of drug-likeness (QED) is 0.828. The fourth-order valence-corrected chi connectivity index (χ4v) is 1.05. The van der Waals surface area contributed by atoms with Gasteiger partial charge in [-0.1, -0.05) is 0 Å². The Morgan fingerprint density at radius 1 is 1.47 bits per heavy atom. The molecular formula is C8H9F3N2O2. The van der Waals surface area contributed by atoms with Crippen LogP contribution in [-0.2, 0) is 16.5 Å². The van der Waals surface area contributed by atoms with Gasteiger partial charge in [0, 0.05) is 6.20 Å². The molecule has 0 aliphatic heterocycles. The molecule has 0 aromatic carbocycles. The summed E-state index contributed by atoms with van der Waals surface area (Å²) in [5.74, 6) is -1.38. The molecule has 7 heteroatoms. The minimum absolute atomic E-state index is 0.454. The molecule has 1 heterocycles. The third-order valence-electron chi connectivity index (χ3n) is 1.99. The van der Waals surface area contributed by atoms with Gasteiger partial charge in [-0.05, 0) is 19.9 Å². The Kier molecular flexibility index (Phi) is 2.50. The van der Waals surface area contributed by atoms with E-state index in [0.717, 1.165) is 26.1 Å². The summed E-state index contributed by atoms with van der Waals surface area (Å²) in [4.78, 5) is 10.8. The summed E-state index contributed by atoms with van der Waals surface area (Å²) in [6.07, 6.45) is -3.68. The minimum Gasteiger partial charge on any atom is -0.479 e. The summed E-state index contributed by atoms with van der Waals surface area (Å²) < 4.78 is 37.7. The van der Waals surface area contributed by atoms with Crippen LogP contribution in [-0.4, -0.2) is 20.9 Å². The van der Waals surface area contributed by atoms with Crippen LogP contribution in [0.4, 0.5) is 13.2 Å². The highest BCUT2D eigenvalue weighted by Crippen LogP contribution is 2.31. The van der Waals surface area contributed by atoms with Crippen molar-refractivity contribution in [2.24, 2.45) is 0 Å². The summed E-state index contributed by atoms with van der Waals surface area (Å²) in [6, 6.07) is 0.741. The van der Waals surface area contributed by atoms with E-state index >= 15 is 0 Å². The fraction of sp³-hybridized carbons (Fsp3) is 0.500. The van der Waals surface area contributed by atoms with Gasteiger partial charge in [0.15, 0.2) is 5.54 Å². The molecule has 4 nitrogen and oxygen atoms in total. The van der Waals surface area contributed by atoms with E-state index in [2.05, 4.69) is 5.10 Å². The molecular weight excluding hydrogens is 213 g/mol. The average Bonchev–Trinajstić information content (AvgIpc) is 2.49. The number of rotatable bonds is 2. The summed E-state index contributed by atoms with van der Waals surface area (Å²) >= 11 is 0. The van der Waals surface area contributed by atoms with Gasteiger partial charge in [-0.15, -0.1) is 0 Å². The summed E-state index contributed by atoms with van der Waals surface area (Å²) in [7, 11) is 0. The Morgan fingerprint density at radius 2 is 2.00 bits per heavy atom. The van der Waals surface area contributed by atoms with Gasteiger partial charge in [0.25, 0.3) is 0 Å². The first-order valence-corrected chi connectivity index (χ1v) is 4.02. The van der Waals surface area contributed by atoms with Gasteiger partial charge in [-0.2, -0.15) is 18.3 Å². The Hall–Kier alpha value is -1.53. The van der Waals surface area contributed by atoms with E-state index in [1.807, 2.05) is 0 Å². The molecule has 0 radical (unpaired) electrons. The number of carboxylic acids is 1. The van der Waals surface area contributed by atoms with E-state index in [1.54, 1.807) is 0 Å². The number of carbonyl (C=O) groups is 1. The second kappa shape index (κ2) is 3.25. The molecule has 15 heavy (non-hydrogen) atoms. The van der Waals surface area contributed by atoms with Crippen molar-refractivity contribution in [3.05, 3.63) is 18.0 Å². The second-order valence-corrected chi connectivity index (χ2v) is 3.49. The van der Waals surface area contributed by atoms with Crippen LogP contribution in [0.1, 0.15) is 19.5 Å². The van der Waals surface area contributed by atoms with E-state index in [-0.39, 0.29) is 0 Å². The maximum atomic E-state index is 12.4. The van der Waals surface area contributed by atoms with E-state index in [0.29, 0.717) is 4.68 Å². The Labute approximate surface area is 83.3 Å². The highest BCUT2D eigenvalue weighted by molar-refractivity contribution is 5.75. The molecule has 1 N–H and O–H groups in total. The number of halogens is 3. The minimum atomic E-state index is -4.61. The molecule has 0 aliphatic rings. The van der Waals surface area contributed by atoms with E-state index in [1.165, 1.54) is 0 Å². The maximum absolute atomic E-state index is 12.4. The second-order valence-electron chi connectivity index (χ2n) is 3.49. The summed E-state index contributed by atoms with van der Waals surface area (Å²) in [5.41, 5.74) is -2.80. The Balaban J connectivity index is 3.28. The fourth-order valence-electron chi connectivity index (χ4n) is 1.05. The highest BCUT2D eigenvalue weighted by Gasteiger charge is 2.41. The number of aliphatic carboxylic acids is 1. The molecule has 0 aliphatic carbocycles. The number of hydrogen-bond donors (Lipinski definition) is 1. The lowest BCUT2D eigenvalue weighted by Gasteiger charge is -2.23. The zero-order valence-corrected chi connectivity index (χ0v) is 8.04. The molecule has 0 spiro atoms. The van der Waals surface area contributed by atoms with Crippen molar-refractivity contribution in [3.8, 4) is 0 Å². The normalized spacial score (nSPS) is 12.9. The van der Waals surface area contributed by atoms with E-state index < -0.39 is 23.4 Å². The zero-order valence-electron chi connectivity index (χ0n) is 8.04. The van der Waals surface area contributed by atoms with Crippen molar-refractivity contribution >= 4 is 5.97 Å². The lowest BCUT2D eigenvalue weighted by Crippen LogP contribution is -2.39. The van der Waals surface area contributed by atoms with Gasteiger partial charge < -0.3 is 5.11 Å². The van der Waals surface area contributed by atoms with Crippen LogP contribution in [0.5, 0.6) is 0 Å². The first-order chi connectivity index (χ1) is 6.67. The lowest BCUT2D eigenvalue weighted by atomic mass is 10.1. The van der Waals surface area contributed by atoms with Crippen molar-refractivity contribution < 1.29 is 23.1 Å². The zero-order chi connectivity index (χ0) is 11.9. The smallest absolute Gasteiger partial charge is 0.433 e. The molecule has 0 amide bonds. The number of carboxylic acid groups (broad SMARTS) is 1. The van der Waals surface area contributed by atoms with E-state index in [4.69, 9.17) is 5.11 Å². The predicted octanol–water partition coefficient (Wildman–Crippen LogP) is 1.72. The van der Waals surface area contributed by atoms with Gasteiger partial charge in [-0.25, -0.2) is 9.48 Å². The van der Waals surface area contributed by atoms with Gasteiger partial charge in [0.1, 0.15) is 5.69 Å². The molecule has 1 aromatic heterocycles. The lowest BCUT2D eigenvalue weighted by molar-refractivity contribution is -0.154. The Bertz CT molecular complexity index is 381. The van der Waals surface area contributed by atoms with Crippen molar-refractivity contribution in [2.75, 3.05) is 0 Å². The molecule has 0 atom stereocenters. The van der Waals surface area contributed by atoms with Crippen LogP contribution in [0.3, 0.4) is 0 Å². The van der Waals surface area contributed by atoms with Crippen molar-refractivity contribution in [1.82, 2.24) is 9.78 Å². The number of alkyl halides is 3. The van der Waals surface area contributed by atoms with Crippen LogP contribution >= 0.6 is 0 Å². The third-order valence-corrected chi connectivity index (χ3v) is 1.99. The molecule has 0 bridgehead atoms. The highest BCUT2D eigenvalue weighted by atomic mass is 19.4. The largest absolute Gasteiger partial charge is 0.479 e. The number of hydrogen-bond acceptors (Lipinski definition) is 2. The monoisotopic (exact) mass is 222 g/mol. The summed E-state index contributed by atoms with van der Waals surface area (Å²) in [5, 5.41) is 12.2. The third kappa shape index (κ3) is 1.95. The first kappa shape index (κ1) is 11.5. The standard InChI is InChI=1S/C8H9F3N2O2/c1-7(2,6(14)15)13-5(3-4-12-13)8(9,10)11/h3-4H,1-2H3,(H,14,15). The molecule has 0 fully saturated rings. The van der Waals surface area contributed by atoms with Gasteiger partial charge in [-0.3, -0.25) is 0 Å². The van der Waals surface area contributed by atoms with Crippen LogP contribution in [0.2, 0.25) is 0 Å². The van der Waals surface area contributed by atoms with Crippen LogP contribution < -0.4 is 0 Å². The van der Waals surface area contributed by atoms with Crippen molar-refractivity contribution in [1.29, 1.82) is 0 Å². The predicted molar refractivity (Wildman–Crippen MR) is 44.2 cm³/mol. The number of aromatic nitrogens is 2. The summed E-state index contributed by atoms with van der Waals surface area (Å²) in [6.45, 7) is 2.30. The van der Waals surface area contributed by atoms with Crippen molar-refractivity contribution in [2.45, 2.75) is 25.6 Å². The van der Waals surface area contributed by atoms with Crippen molar-refractivity contribution in [3.63, 3.8) is 0 Å². The van der Waals surface area contributed by atoms with Gasteiger partial charge in [0.2, 0.25) is 0 Å². The van der Waals surface area contributed by atoms with Gasteiger partial charge >= 0.3 is 12.1 Å². The molecule has 0 saturated heterocycles. The van der Waals surface area contributed by atoms with Crippen LogP contribution in [0.15, 0.2) is 12.3 Å². The van der Waals surface area contributed by atoms with Gasteiger partial charge in [0.05, 0.1) is 0 Å². The molecule has 1 aromatic rings. The topological polar surface area (TPSA) is 55.1 Å². The average molecular weight is 222 g/mol. The first-order valence-electron chi connectivity index (χ1n) is 4.02. The molecule has 1 rings (SSSR count). The molecule has 0 unspecified atom stereocenters. The maximum Gasteiger partial charge on any atom is 0.433 e. The molecule has 0 saturated carbocycles. The molecule has 84 valence electrons. The number of nitrogens with zero attached hydrogens (tertiary/aromatic N) is 2. The van der Waals surface area contributed by atoms with Crippen LogP contribution in [0.25, 0.3) is 0 Å². The van der Waals surface area contributed by atoms with E-state index in [9.17, 15) is 18.0 Å². The van der Waals surface area contributed by atoms with Crippen LogP contribution in [0, 0.1) is 0 Å².